The standard InChI is InChI=1S/C29H31N5O6S/c1-19(30)31-22-15-11-21(12-16-22)27(35)32-23-13-9-20(10-14-23)18-25(29(37)38)33-28(36)26-8-5-17-34(26)41(39,40)24-6-3-2-4-7-24/h2-4,6-7,9-16,25-26H,5,8,17-18H2,1H3,(H2,30,31)(H,32,35)(H,33,36)(H,37,38). The van der Waals surface area contributed by atoms with E-state index in [0.717, 1.165) is 4.31 Å². The Hall–Kier alpha value is -4.55. The summed E-state index contributed by atoms with van der Waals surface area (Å²) in [5.74, 6) is -1.96. The molecule has 2 amide bonds. The van der Waals surface area contributed by atoms with Crippen molar-refractivity contribution in [2.24, 2.45) is 0 Å². The van der Waals surface area contributed by atoms with Gasteiger partial charge < -0.3 is 21.1 Å². The fourth-order valence-corrected chi connectivity index (χ4v) is 6.25. The van der Waals surface area contributed by atoms with Crippen molar-refractivity contribution in [3.63, 3.8) is 0 Å². The molecule has 41 heavy (non-hydrogen) atoms. The molecule has 0 radical (unpaired) electrons. The second-order valence-electron chi connectivity index (χ2n) is 9.67. The van der Waals surface area contributed by atoms with Gasteiger partial charge >= 0.3 is 5.97 Å². The zero-order valence-corrected chi connectivity index (χ0v) is 23.1. The number of carbonyl (C=O) groups excluding carboxylic acids is 2. The van der Waals surface area contributed by atoms with Crippen molar-refractivity contribution in [2.75, 3.05) is 17.2 Å². The van der Waals surface area contributed by atoms with E-state index >= 15 is 0 Å². The van der Waals surface area contributed by atoms with Crippen LogP contribution in [-0.4, -0.2) is 60.1 Å². The van der Waals surface area contributed by atoms with Crippen LogP contribution in [0.5, 0.6) is 0 Å². The lowest BCUT2D eigenvalue weighted by molar-refractivity contribution is -0.142. The Morgan fingerprint density at radius 3 is 2.17 bits per heavy atom. The highest BCUT2D eigenvalue weighted by Gasteiger charge is 2.40. The number of hydrogen-bond acceptors (Lipinski definition) is 6. The number of hydrogen-bond donors (Lipinski definition) is 5. The molecule has 12 heteroatoms. The van der Waals surface area contributed by atoms with Crippen LogP contribution in [0.3, 0.4) is 0 Å². The molecule has 4 rings (SSSR count). The van der Waals surface area contributed by atoms with Gasteiger partial charge in [-0.05, 0) is 73.9 Å². The Kier molecular flexibility index (Phi) is 9.15. The molecule has 0 spiro atoms. The summed E-state index contributed by atoms with van der Waals surface area (Å²) in [4.78, 5) is 37.7. The van der Waals surface area contributed by atoms with E-state index in [4.69, 9.17) is 5.41 Å². The topological polar surface area (TPSA) is 169 Å². The van der Waals surface area contributed by atoms with Gasteiger partial charge in [0.2, 0.25) is 15.9 Å². The zero-order chi connectivity index (χ0) is 29.6. The molecular formula is C29H31N5O6S. The fraction of sp³-hybridized carbons (Fsp3) is 0.241. The molecule has 5 N–H and O–H groups in total. The number of amidine groups is 1. The number of carboxylic acids is 1. The van der Waals surface area contributed by atoms with Gasteiger partial charge in [-0.15, -0.1) is 0 Å². The molecule has 3 aromatic carbocycles. The molecule has 0 bridgehead atoms. The summed E-state index contributed by atoms with van der Waals surface area (Å²) < 4.78 is 27.3. The lowest BCUT2D eigenvalue weighted by atomic mass is 10.0. The predicted octanol–water partition coefficient (Wildman–Crippen LogP) is 3.31. The lowest BCUT2D eigenvalue weighted by Gasteiger charge is -2.25. The molecule has 214 valence electrons. The van der Waals surface area contributed by atoms with Gasteiger partial charge in [-0.1, -0.05) is 30.3 Å². The van der Waals surface area contributed by atoms with E-state index in [1.54, 1.807) is 73.7 Å². The molecular weight excluding hydrogens is 546 g/mol. The first kappa shape index (κ1) is 29.4. The number of nitrogens with zero attached hydrogens (tertiary/aromatic N) is 1. The van der Waals surface area contributed by atoms with Crippen LogP contribution in [0.2, 0.25) is 0 Å². The molecule has 1 fully saturated rings. The van der Waals surface area contributed by atoms with Crippen molar-refractivity contribution in [1.29, 1.82) is 5.41 Å². The maximum atomic E-state index is 13.1. The number of aliphatic carboxylic acids is 1. The number of carbonyl (C=O) groups is 3. The molecule has 1 aliphatic rings. The quantitative estimate of drug-likeness (QED) is 0.182. The van der Waals surface area contributed by atoms with Crippen molar-refractivity contribution in [3.8, 4) is 0 Å². The number of nitrogens with one attached hydrogen (secondary N) is 4. The first-order valence-electron chi connectivity index (χ1n) is 13.0. The number of amides is 2. The van der Waals surface area contributed by atoms with E-state index in [9.17, 15) is 27.9 Å². The predicted molar refractivity (Wildman–Crippen MR) is 154 cm³/mol. The Bertz CT molecular complexity index is 1530. The summed E-state index contributed by atoms with van der Waals surface area (Å²) in [7, 11) is -3.91. The molecule has 0 saturated carbocycles. The SMILES string of the molecule is CC(=N)Nc1ccc(C(=O)Nc2ccc(CC(NC(=O)C3CCCN3S(=O)(=O)c3ccccc3)C(=O)O)cc2)cc1. The van der Waals surface area contributed by atoms with Crippen molar-refractivity contribution in [1.82, 2.24) is 9.62 Å². The molecule has 0 aromatic heterocycles. The lowest BCUT2D eigenvalue weighted by Crippen LogP contribution is -2.51. The van der Waals surface area contributed by atoms with Gasteiger partial charge in [0.1, 0.15) is 12.1 Å². The molecule has 2 atom stereocenters. The highest BCUT2D eigenvalue weighted by atomic mass is 32.2. The van der Waals surface area contributed by atoms with E-state index in [1.165, 1.54) is 12.1 Å². The molecule has 11 nitrogen and oxygen atoms in total. The first-order valence-corrected chi connectivity index (χ1v) is 14.4. The number of rotatable bonds is 10. The monoisotopic (exact) mass is 577 g/mol. The Labute approximate surface area is 238 Å². The normalized spacial score (nSPS) is 16.0. The molecule has 0 aliphatic carbocycles. The molecule has 3 aromatic rings. The molecule has 1 aliphatic heterocycles. The molecule has 2 unspecified atom stereocenters. The number of benzene rings is 3. The molecule has 1 saturated heterocycles. The second-order valence-corrected chi connectivity index (χ2v) is 11.6. The average molecular weight is 578 g/mol. The number of sulfonamides is 1. The summed E-state index contributed by atoms with van der Waals surface area (Å²) in [5.41, 5.74) is 2.22. The maximum absolute atomic E-state index is 13.1. The minimum Gasteiger partial charge on any atom is -0.480 e. The summed E-state index contributed by atoms with van der Waals surface area (Å²) >= 11 is 0. The third kappa shape index (κ3) is 7.35. The highest BCUT2D eigenvalue weighted by molar-refractivity contribution is 7.89. The molecule has 1 heterocycles. The Morgan fingerprint density at radius 2 is 1.56 bits per heavy atom. The second kappa shape index (κ2) is 12.7. The van der Waals surface area contributed by atoms with Gasteiger partial charge in [-0.25, -0.2) is 13.2 Å². The third-order valence-electron chi connectivity index (χ3n) is 6.60. The third-order valence-corrected chi connectivity index (χ3v) is 8.52. The van der Waals surface area contributed by atoms with E-state index < -0.39 is 34.0 Å². The summed E-state index contributed by atoms with van der Waals surface area (Å²) in [6.45, 7) is 1.78. The smallest absolute Gasteiger partial charge is 0.326 e. The van der Waals surface area contributed by atoms with Crippen LogP contribution in [0.25, 0.3) is 0 Å². The van der Waals surface area contributed by atoms with Gasteiger partial charge in [0.15, 0.2) is 0 Å². The Morgan fingerprint density at radius 1 is 0.951 bits per heavy atom. The van der Waals surface area contributed by atoms with Gasteiger partial charge in [-0.3, -0.25) is 15.0 Å². The number of carboxylic acid groups (broad SMARTS) is 1. The van der Waals surface area contributed by atoms with E-state index in [1.807, 2.05) is 0 Å². The van der Waals surface area contributed by atoms with Crippen LogP contribution < -0.4 is 16.0 Å². The minimum absolute atomic E-state index is 0.0334. The van der Waals surface area contributed by atoms with Crippen LogP contribution in [0.15, 0.2) is 83.8 Å². The van der Waals surface area contributed by atoms with Gasteiger partial charge in [-0.2, -0.15) is 4.31 Å². The zero-order valence-electron chi connectivity index (χ0n) is 22.3. The first-order chi connectivity index (χ1) is 19.5. The van der Waals surface area contributed by atoms with E-state index in [-0.39, 0.29) is 29.6 Å². The van der Waals surface area contributed by atoms with Crippen LogP contribution in [0, 0.1) is 5.41 Å². The van der Waals surface area contributed by atoms with E-state index in [0.29, 0.717) is 35.3 Å². The summed E-state index contributed by atoms with van der Waals surface area (Å²) in [6.07, 6.45) is 0.744. The van der Waals surface area contributed by atoms with Crippen LogP contribution in [0.4, 0.5) is 11.4 Å². The summed E-state index contributed by atoms with van der Waals surface area (Å²) in [5, 5.41) is 25.4. The fourth-order valence-electron chi connectivity index (χ4n) is 4.57. The van der Waals surface area contributed by atoms with E-state index in [2.05, 4.69) is 16.0 Å². The summed E-state index contributed by atoms with van der Waals surface area (Å²) in [6, 6.07) is 18.8. The van der Waals surface area contributed by atoms with Gasteiger partial charge in [0.05, 0.1) is 10.7 Å². The van der Waals surface area contributed by atoms with Crippen molar-refractivity contribution in [3.05, 3.63) is 90.0 Å². The van der Waals surface area contributed by atoms with Gasteiger partial charge in [0.25, 0.3) is 5.91 Å². The highest BCUT2D eigenvalue weighted by Crippen LogP contribution is 2.26. The van der Waals surface area contributed by atoms with Crippen LogP contribution >= 0.6 is 0 Å². The van der Waals surface area contributed by atoms with Crippen LogP contribution in [-0.2, 0) is 26.0 Å². The minimum atomic E-state index is -3.91. The van der Waals surface area contributed by atoms with Crippen molar-refractivity contribution in [2.45, 2.75) is 43.2 Å². The van der Waals surface area contributed by atoms with Crippen molar-refractivity contribution >= 4 is 45.0 Å². The number of anilines is 2. The average Bonchev–Trinajstić information content (AvgIpc) is 3.45. The van der Waals surface area contributed by atoms with Crippen molar-refractivity contribution < 1.29 is 27.9 Å². The largest absolute Gasteiger partial charge is 0.480 e. The Balaban J connectivity index is 1.38. The van der Waals surface area contributed by atoms with Crippen LogP contribution in [0.1, 0.15) is 35.7 Å². The van der Waals surface area contributed by atoms with Gasteiger partial charge in [0, 0.05) is 29.9 Å². The maximum Gasteiger partial charge on any atom is 0.326 e.